The number of hydrogen-bond donors (Lipinski definition) is 1. The third-order valence-corrected chi connectivity index (χ3v) is 5.42. The Bertz CT molecular complexity index is 968. The monoisotopic (exact) mass is 390 g/mol. The number of methoxy groups -OCH3 is 1. The van der Waals surface area contributed by atoms with Crippen LogP contribution < -0.4 is 10.1 Å². The number of rotatable bonds is 9. The van der Waals surface area contributed by atoms with E-state index in [1.54, 1.807) is 7.11 Å². The Morgan fingerprint density at radius 3 is 2.69 bits per heavy atom. The topological polar surface area (TPSA) is 51.2 Å². The van der Waals surface area contributed by atoms with E-state index >= 15 is 0 Å². The lowest BCUT2D eigenvalue weighted by atomic mass is 9.99. The Morgan fingerprint density at radius 2 is 1.93 bits per heavy atom. The van der Waals surface area contributed by atoms with Gasteiger partial charge in [-0.1, -0.05) is 63.4 Å². The van der Waals surface area contributed by atoms with Gasteiger partial charge in [0.1, 0.15) is 5.75 Å². The first-order valence-corrected chi connectivity index (χ1v) is 10.5. The first-order valence-electron chi connectivity index (χ1n) is 10.5. The van der Waals surface area contributed by atoms with E-state index in [1.165, 1.54) is 12.8 Å². The maximum Gasteiger partial charge on any atom is 0.252 e. The summed E-state index contributed by atoms with van der Waals surface area (Å²) < 4.78 is 5.34. The Kier molecular flexibility index (Phi) is 7.23. The molecular weight excluding hydrogens is 360 g/mol. The van der Waals surface area contributed by atoms with Crippen molar-refractivity contribution < 1.29 is 9.53 Å². The van der Waals surface area contributed by atoms with Crippen molar-refractivity contribution in [3.63, 3.8) is 0 Å². The molecule has 0 spiro atoms. The van der Waals surface area contributed by atoms with E-state index in [2.05, 4.69) is 19.2 Å². The van der Waals surface area contributed by atoms with Gasteiger partial charge >= 0.3 is 0 Å². The summed E-state index contributed by atoms with van der Waals surface area (Å²) in [7, 11) is 1.65. The molecule has 152 valence electrons. The lowest BCUT2D eigenvalue weighted by molar-refractivity contribution is 0.0947. The van der Waals surface area contributed by atoms with Crippen LogP contribution in [0.4, 0.5) is 0 Å². The fraction of sp³-hybridized carbons (Fsp3) is 0.360. The van der Waals surface area contributed by atoms with Gasteiger partial charge in [0.15, 0.2) is 0 Å². The molecule has 0 radical (unpaired) electrons. The van der Waals surface area contributed by atoms with Crippen molar-refractivity contribution >= 4 is 16.8 Å². The highest BCUT2D eigenvalue weighted by molar-refractivity contribution is 6.07. The third kappa shape index (κ3) is 5.14. The number of nitrogens with one attached hydrogen (secondary N) is 1. The summed E-state index contributed by atoms with van der Waals surface area (Å²) in [6, 6.07) is 17.5. The van der Waals surface area contributed by atoms with Gasteiger partial charge in [0.25, 0.3) is 5.91 Å². The number of benzene rings is 2. The zero-order valence-corrected chi connectivity index (χ0v) is 17.6. The highest BCUT2D eigenvalue weighted by Crippen LogP contribution is 2.27. The molecule has 0 saturated heterocycles. The second kappa shape index (κ2) is 10.1. The van der Waals surface area contributed by atoms with Crippen molar-refractivity contribution in [2.24, 2.45) is 5.92 Å². The minimum atomic E-state index is -0.0392. The number of carbonyl (C=O) groups excluding carboxylic acids is 1. The average molecular weight is 391 g/mol. The largest absolute Gasteiger partial charge is 0.497 e. The number of carbonyl (C=O) groups is 1. The maximum absolute atomic E-state index is 13.1. The van der Waals surface area contributed by atoms with Gasteiger partial charge < -0.3 is 10.1 Å². The SMILES string of the molecule is CCCC[C@H](CC)CNC(=O)c1cc(-c2cccc(OC)c2)nc2ccccc12. The van der Waals surface area contributed by atoms with Gasteiger partial charge in [-0.3, -0.25) is 4.79 Å². The fourth-order valence-corrected chi connectivity index (χ4v) is 3.57. The van der Waals surface area contributed by atoms with Crippen LogP contribution >= 0.6 is 0 Å². The predicted molar refractivity (Wildman–Crippen MR) is 119 cm³/mol. The fourth-order valence-electron chi connectivity index (χ4n) is 3.57. The Labute approximate surface area is 173 Å². The lowest BCUT2D eigenvalue weighted by Gasteiger charge is -2.16. The van der Waals surface area contributed by atoms with Crippen LogP contribution in [-0.2, 0) is 0 Å². The van der Waals surface area contributed by atoms with Gasteiger partial charge in [0.2, 0.25) is 0 Å². The maximum atomic E-state index is 13.1. The molecule has 0 aliphatic carbocycles. The second-order valence-electron chi connectivity index (χ2n) is 7.43. The Hall–Kier alpha value is -2.88. The van der Waals surface area contributed by atoms with Gasteiger partial charge in [0, 0.05) is 17.5 Å². The van der Waals surface area contributed by atoms with Crippen LogP contribution in [0.3, 0.4) is 0 Å². The summed E-state index contributed by atoms with van der Waals surface area (Å²) in [4.78, 5) is 17.9. The van der Waals surface area contributed by atoms with E-state index in [0.717, 1.165) is 40.8 Å². The molecule has 0 fully saturated rings. The van der Waals surface area contributed by atoms with Gasteiger partial charge in [0.05, 0.1) is 23.9 Å². The van der Waals surface area contributed by atoms with Gasteiger partial charge in [-0.25, -0.2) is 4.98 Å². The van der Waals surface area contributed by atoms with E-state index < -0.39 is 0 Å². The van der Waals surface area contributed by atoms with E-state index in [0.29, 0.717) is 18.0 Å². The number of unbranched alkanes of at least 4 members (excludes halogenated alkanes) is 1. The molecule has 0 aliphatic rings. The number of nitrogens with zero attached hydrogens (tertiary/aromatic N) is 1. The highest BCUT2D eigenvalue weighted by atomic mass is 16.5. The highest BCUT2D eigenvalue weighted by Gasteiger charge is 2.15. The lowest BCUT2D eigenvalue weighted by Crippen LogP contribution is -2.29. The van der Waals surface area contributed by atoms with Crippen LogP contribution in [0.5, 0.6) is 5.75 Å². The number of pyridine rings is 1. The molecule has 4 heteroatoms. The van der Waals surface area contributed by atoms with Crippen molar-refractivity contribution in [3.05, 3.63) is 60.2 Å². The molecule has 29 heavy (non-hydrogen) atoms. The zero-order chi connectivity index (χ0) is 20.6. The molecule has 0 saturated carbocycles. The van der Waals surface area contributed by atoms with E-state index in [4.69, 9.17) is 9.72 Å². The summed E-state index contributed by atoms with van der Waals surface area (Å²) in [5.41, 5.74) is 3.18. The van der Waals surface area contributed by atoms with Crippen LogP contribution in [0.25, 0.3) is 22.2 Å². The molecule has 1 heterocycles. The smallest absolute Gasteiger partial charge is 0.252 e. The van der Waals surface area contributed by atoms with Gasteiger partial charge in [-0.15, -0.1) is 0 Å². The Balaban J connectivity index is 1.92. The normalized spacial score (nSPS) is 12.0. The summed E-state index contributed by atoms with van der Waals surface area (Å²) in [6.45, 7) is 5.10. The minimum Gasteiger partial charge on any atom is -0.497 e. The number of para-hydroxylation sites is 1. The number of fused-ring (bicyclic) bond motifs is 1. The number of aromatic nitrogens is 1. The molecule has 1 amide bonds. The standard InChI is InChI=1S/C25H30N2O2/c1-4-6-10-18(5-2)17-26-25(28)22-16-24(19-11-9-12-20(15-19)29-3)27-23-14-8-7-13-21(22)23/h7-9,11-16,18H,4-6,10,17H2,1-3H3,(H,26,28)/t18-/m0/s1. The van der Waals surface area contributed by atoms with Crippen LogP contribution in [0, 0.1) is 5.92 Å². The minimum absolute atomic E-state index is 0.0392. The average Bonchev–Trinajstić information content (AvgIpc) is 2.78. The van der Waals surface area contributed by atoms with Crippen LogP contribution in [0.15, 0.2) is 54.6 Å². The zero-order valence-electron chi connectivity index (χ0n) is 17.6. The predicted octanol–water partition coefficient (Wildman–Crippen LogP) is 5.86. The quantitative estimate of drug-likeness (QED) is 0.498. The molecule has 3 rings (SSSR count). The van der Waals surface area contributed by atoms with Crippen molar-refractivity contribution in [3.8, 4) is 17.0 Å². The van der Waals surface area contributed by atoms with Crippen LogP contribution in [0.1, 0.15) is 49.9 Å². The van der Waals surface area contributed by atoms with E-state index in [9.17, 15) is 4.79 Å². The number of ether oxygens (including phenoxy) is 1. The van der Waals surface area contributed by atoms with Crippen molar-refractivity contribution in [1.29, 1.82) is 0 Å². The van der Waals surface area contributed by atoms with Crippen LogP contribution in [0.2, 0.25) is 0 Å². The molecule has 0 aliphatic heterocycles. The summed E-state index contributed by atoms with van der Waals surface area (Å²) in [6.07, 6.45) is 4.61. The van der Waals surface area contributed by atoms with E-state index in [-0.39, 0.29) is 5.91 Å². The molecule has 1 aromatic heterocycles. The van der Waals surface area contributed by atoms with Gasteiger partial charge in [-0.2, -0.15) is 0 Å². The number of hydrogen-bond acceptors (Lipinski definition) is 3. The van der Waals surface area contributed by atoms with Crippen molar-refractivity contribution in [2.45, 2.75) is 39.5 Å². The van der Waals surface area contributed by atoms with Crippen LogP contribution in [-0.4, -0.2) is 24.5 Å². The van der Waals surface area contributed by atoms with Crippen molar-refractivity contribution in [1.82, 2.24) is 10.3 Å². The molecule has 0 unspecified atom stereocenters. The third-order valence-electron chi connectivity index (χ3n) is 5.42. The molecule has 4 nitrogen and oxygen atoms in total. The molecule has 2 aromatic carbocycles. The van der Waals surface area contributed by atoms with E-state index in [1.807, 2.05) is 54.6 Å². The van der Waals surface area contributed by atoms with Gasteiger partial charge in [-0.05, 0) is 36.6 Å². The molecular formula is C25H30N2O2. The summed E-state index contributed by atoms with van der Waals surface area (Å²) >= 11 is 0. The molecule has 0 bridgehead atoms. The second-order valence-corrected chi connectivity index (χ2v) is 7.43. The first-order chi connectivity index (χ1) is 14.2. The summed E-state index contributed by atoms with van der Waals surface area (Å²) in [5, 5.41) is 4.03. The molecule has 3 aromatic rings. The number of amides is 1. The van der Waals surface area contributed by atoms with Crippen molar-refractivity contribution in [2.75, 3.05) is 13.7 Å². The Morgan fingerprint density at radius 1 is 1.10 bits per heavy atom. The molecule has 1 N–H and O–H groups in total. The molecule has 1 atom stereocenters. The summed E-state index contributed by atoms with van der Waals surface area (Å²) in [5.74, 6) is 1.25. The first kappa shape index (κ1) is 20.8.